The van der Waals surface area contributed by atoms with Crippen molar-refractivity contribution in [1.82, 2.24) is 15.3 Å². The fourth-order valence-corrected chi connectivity index (χ4v) is 2.88. The maximum atomic E-state index is 4.64. The van der Waals surface area contributed by atoms with Crippen molar-refractivity contribution < 1.29 is 0 Å². The Bertz CT molecular complexity index is 520. The number of aromatic nitrogens is 2. The van der Waals surface area contributed by atoms with Crippen LogP contribution in [0.3, 0.4) is 0 Å². The van der Waals surface area contributed by atoms with Crippen LogP contribution in [0.15, 0.2) is 18.3 Å². The smallest absolute Gasteiger partial charge is 0.142 e. The molecule has 0 spiro atoms. The van der Waals surface area contributed by atoms with Crippen molar-refractivity contribution in [3.8, 4) is 10.7 Å². The van der Waals surface area contributed by atoms with Crippen molar-refractivity contribution in [2.45, 2.75) is 33.7 Å². The van der Waals surface area contributed by atoms with Crippen LogP contribution < -0.4 is 5.32 Å². The fraction of sp³-hybridized carbons (Fsp3) is 0.429. The molecule has 0 amide bonds. The van der Waals surface area contributed by atoms with Crippen LogP contribution in [0.4, 0.5) is 0 Å². The van der Waals surface area contributed by atoms with Crippen LogP contribution in [-0.4, -0.2) is 16.5 Å². The van der Waals surface area contributed by atoms with Gasteiger partial charge in [0, 0.05) is 17.6 Å². The lowest BCUT2D eigenvalue weighted by molar-refractivity contribution is 0.678. The average molecular weight is 261 g/mol. The van der Waals surface area contributed by atoms with E-state index in [1.165, 1.54) is 10.4 Å². The summed E-state index contributed by atoms with van der Waals surface area (Å²) in [7, 11) is 0. The molecule has 0 bridgehead atoms. The van der Waals surface area contributed by atoms with E-state index in [4.69, 9.17) is 0 Å². The van der Waals surface area contributed by atoms with Gasteiger partial charge in [0.2, 0.25) is 0 Å². The van der Waals surface area contributed by atoms with Gasteiger partial charge in [-0.05, 0) is 38.4 Å². The molecule has 4 heteroatoms. The van der Waals surface area contributed by atoms with Gasteiger partial charge in [-0.25, -0.2) is 4.98 Å². The summed E-state index contributed by atoms with van der Waals surface area (Å²) in [6.45, 7) is 8.28. The van der Waals surface area contributed by atoms with Crippen LogP contribution in [0.1, 0.15) is 29.5 Å². The molecule has 0 saturated heterocycles. The molecule has 2 aromatic heterocycles. The number of rotatable bonds is 5. The van der Waals surface area contributed by atoms with E-state index in [1.54, 1.807) is 11.3 Å². The molecule has 0 saturated carbocycles. The summed E-state index contributed by atoms with van der Waals surface area (Å²) in [5, 5.41) is 4.45. The number of hydrogen-bond donors (Lipinski definition) is 1. The Morgan fingerprint density at radius 1 is 1.33 bits per heavy atom. The Labute approximate surface area is 112 Å². The lowest BCUT2D eigenvalue weighted by Gasteiger charge is -2.00. The zero-order valence-corrected chi connectivity index (χ0v) is 12.0. The highest BCUT2D eigenvalue weighted by Gasteiger charge is 2.11. The fourth-order valence-electron chi connectivity index (χ4n) is 1.78. The Morgan fingerprint density at radius 2 is 2.17 bits per heavy atom. The first-order chi connectivity index (χ1) is 8.72. The van der Waals surface area contributed by atoms with Gasteiger partial charge in [0.25, 0.3) is 0 Å². The van der Waals surface area contributed by atoms with Crippen molar-refractivity contribution in [2.24, 2.45) is 0 Å². The molecule has 0 aliphatic carbocycles. The third-order valence-corrected chi connectivity index (χ3v) is 3.98. The number of nitrogens with one attached hydrogen (secondary N) is 1. The minimum atomic E-state index is 0.906. The van der Waals surface area contributed by atoms with Gasteiger partial charge in [-0.1, -0.05) is 13.0 Å². The normalized spacial score (nSPS) is 10.8. The van der Waals surface area contributed by atoms with Crippen molar-refractivity contribution in [3.63, 3.8) is 0 Å². The first kappa shape index (κ1) is 13.2. The quantitative estimate of drug-likeness (QED) is 0.839. The molecule has 3 nitrogen and oxygen atoms in total. The Kier molecular flexibility index (Phi) is 4.44. The highest BCUT2D eigenvalue weighted by molar-refractivity contribution is 7.15. The lowest BCUT2D eigenvalue weighted by atomic mass is 10.2. The predicted octanol–water partition coefficient (Wildman–Crippen LogP) is 3.32. The van der Waals surface area contributed by atoms with Crippen LogP contribution in [-0.2, 0) is 6.54 Å². The van der Waals surface area contributed by atoms with Crippen molar-refractivity contribution in [2.75, 3.05) is 6.54 Å². The molecule has 96 valence electrons. The summed E-state index contributed by atoms with van der Waals surface area (Å²) in [6, 6.07) is 4.04. The minimum absolute atomic E-state index is 0.906. The summed E-state index contributed by atoms with van der Waals surface area (Å²) in [5.74, 6) is 0. The van der Waals surface area contributed by atoms with Gasteiger partial charge in [0.1, 0.15) is 10.7 Å². The molecule has 0 aromatic carbocycles. The second-order valence-electron chi connectivity index (χ2n) is 4.37. The number of aryl methyl sites for hydroxylation is 2. The van der Waals surface area contributed by atoms with Gasteiger partial charge >= 0.3 is 0 Å². The summed E-state index contributed by atoms with van der Waals surface area (Å²) in [6.07, 6.45) is 2.98. The monoisotopic (exact) mass is 261 g/mol. The molecule has 0 atom stereocenters. The molecule has 2 heterocycles. The molecule has 0 radical (unpaired) electrons. The van der Waals surface area contributed by atoms with E-state index in [0.717, 1.165) is 35.9 Å². The Morgan fingerprint density at radius 3 is 2.89 bits per heavy atom. The van der Waals surface area contributed by atoms with Gasteiger partial charge < -0.3 is 5.32 Å². The van der Waals surface area contributed by atoms with Gasteiger partial charge in [0.05, 0.1) is 5.69 Å². The molecule has 0 unspecified atom stereocenters. The summed E-state index contributed by atoms with van der Waals surface area (Å²) in [5.41, 5.74) is 3.30. The topological polar surface area (TPSA) is 37.8 Å². The number of hydrogen-bond acceptors (Lipinski definition) is 4. The summed E-state index contributed by atoms with van der Waals surface area (Å²) in [4.78, 5) is 10.4. The van der Waals surface area contributed by atoms with E-state index < -0.39 is 0 Å². The number of pyridine rings is 1. The van der Waals surface area contributed by atoms with E-state index in [9.17, 15) is 0 Å². The molecule has 0 aliphatic rings. The SMILES string of the molecule is CCCNCc1sc(-c2ncccc2C)nc1C. The predicted molar refractivity (Wildman–Crippen MR) is 76.8 cm³/mol. The summed E-state index contributed by atoms with van der Waals surface area (Å²) >= 11 is 1.74. The molecule has 0 fully saturated rings. The first-order valence-electron chi connectivity index (χ1n) is 6.31. The van der Waals surface area contributed by atoms with Gasteiger partial charge in [-0.3, -0.25) is 4.98 Å². The molecular formula is C14H19N3S. The van der Waals surface area contributed by atoms with Crippen molar-refractivity contribution in [1.29, 1.82) is 0 Å². The molecular weight excluding hydrogens is 242 g/mol. The van der Waals surface area contributed by atoms with Gasteiger partial charge in [-0.2, -0.15) is 0 Å². The van der Waals surface area contributed by atoms with E-state index in [1.807, 2.05) is 12.3 Å². The van der Waals surface area contributed by atoms with Gasteiger partial charge in [-0.15, -0.1) is 11.3 Å². The van der Waals surface area contributed by atoms with Crippen LogP contribution in [0.5, 0.6) is 0 Å². The van der Waals surface area contributed by atoms with Crippen LogP contribution in [0.2, 0.25) is 0 Å². The maximum absolute atomic E-state index is 4.64. The van der Waals surface area contributed by atoms with Crippen LogP contribution in [0.25, 0.3) is 10.7 Å². The summed E-state index contributed by atoms with van der Waals surface area (Å²) < 4.78 is 0. The highest BCUT2D eigenvalue weighted by Crippen LogP contribution is 2.28. The lowest BCUT2D eigenvalue weighted by Crippen LogP contribution is -2.13. The van der Waals surface area contributed by atoms with Crippen LogP contribution >= 0.6 is 11.3 Å². The third-order valence-electron chi connectivity index (χ3n) is 2.82. The van der Waals surface area contributed by atoms with E-state index in [-0.39, 0.29) is 0 Å². The van der Waals surface area contributed by atoms with Crippen molar-refractivity contribution in [3.05, 3.63) is 34.5 Å². The average Bonchev–Trinajstić information content (AvgIpc) is 2.72. The van der Waals surface area contributed by atoms with E-state index in [2.05, 4.69) is 42.1 Å². The third kappa shape index (κ3) is 2.94. The molecule has 18 heavy (non-hydrogen) atoms. The van der Waals surface area contributed by atoms with Crippen molar-refractivity contribution >= 4 is 11.3 Å². The number of nitrogens with zero attached hydrogens (tertiary/aromatic N) is 2. The second kappa shape index (κ2) is 6.07. The maximum Gasteiger partial charge on any atom is 0.142 e. The Balaban J connectivity index is 2.21. The van der Waals surface area contributed by atoms with E-state index >= 15 is 0 Å². The zero-order chi connectivity index (χ0) is 13.0. The molecule has 1 N–H and O–H groups in total. The second-order valence-corrected chi connectivity index (χ2v) is 5.46. The Hall–Kier alpha value is -1.26. The first-order valence-corrected chi connectivity index (χ1v) is 7.13. The van der Waals surface area contributed by atoms with E-state index in [0.29, 0.717) is 0 Å². The highest BCUT2D eigenvalue weighted by atomic mass is 32.1. The standard InChI is InChI=1S/C14H19N3S/c1-4-7-15-9-12-11(3)17-14(18-12)13-10(2)6-5-8-16-13/h5-6,8,15H,4,7,9H2,1-3H3. The molecule has 0 aliphatic heterocycles. The zero-order valence-electron chi connectivity index (χ0n) is 11.2. The molecule has 2 rings (SSSR count). The minimum Gasteiger partial charge on any atom is -0.312 e. The van der Waals surface area contributed by atoms with Crippen LogP contribution in [0, 0.1) is 13.8 Å². The number of thiazole rings is 1. The molecule has 2 aromatic rings. The largest absolute Gasteiger partial charge is 0.312 e. The van der Waals surface area contributed by atoms with Gasteiger partial charge in [0.15, 0.2) is 0 Å².